The SMILES string of the molecule is CCNc1cc(C(=O)Nc2ccc(C)nc2)c(Cl)cn1. The Morgan fingerprint density at radius 3 is 2.75 bits per heavy atom. The first kappa shape index (κ1) is 14.3. The fourth-order valence-corrected chi connectivity index (χ4v) is 1.82. The molecule has 104 valence electrons. The average Bonchev–Trinajstić information content (AvgIpc) is 2.43. The van der Waals surface area contributed by atoms with E-state index in [1.165, 1.54) is 6.20 Å². The minimum absolute atomic E-state index is 0.290. The summed E-state index contributed by atoms with van der Waals surface area (Å²) in [7, 11) is 0. The molecule has 0 atom stereocenters. The number of aromatic nitrogens is 2. The molecule has 0 radical (unpaired) electrons. The van der Waals surface area contributed by atoms with Crippen LogP contribution >= 0.6 is 11.6 Å². The minimum atomic E-state index is -0.290. The zero-order chi connectivity index (χ0) is 14.5. The van der Waals surface area contributed by atoms with Gasteiger partial charge in [0.1, 0.15) is 5.82 Å². The average molecular weight is 291 g/mol. The Labute approximate surface area is 122 Å². The third-order valence-corrected chi connectivity index (χ3v) is 2.93. The van der Waals surface area contributed by atoms with Crippen LogP contribution in [0.25, 0.3) is 0 Å². The zero-order valence-corrected chi connectivity index (χ0v) is 12.0. The van der Waals surface area contributed by atoms with Gasteiger partial charge >= 0.3 is 0 Å². The summed E-state index contributed by atoms with van der Waals surface area (Å²) >= 11 is 6.02. The van der Waals surface area contributed by atoms with Gasteiger partial charge in [0.15, 0.2) is 0 Å². The highest BCUT2D eigenvalue weighted by Gasteiger charge is 2.12. The minimum Gasteiger partial charge on any atom is -0.370 e. The molecule has 0 bridgehead atoms. The molecule has 2 heterocycles. The molecule has 5 nitrogen and oxygen atoms in total. The largest absolute Gasteiger partial charge is 0.370 e. The number of nitrogens with one attached hydrogen (secondary N) is 2. The number of anilines is 2. The molecule has 0 aliphatic heterocycles. The number of hydrogen-bond acceptors (Lipinski definition) is 4. The number of carbonyl (C=O) groups is 1. The van der Waals surface area contributed by atoms with E-state index >= 15 is 0 Å². The first-order chi connectivity index (χ1) is 9.60. The van der Waals surface area contributed by atoms with E-state index in [9.17, 15) is 4.79 Å². The summed E-state index contributed by atoms with van der Waals surface area (Å²) in [5, 5.41) is 6.10. The van der Waals surface area contributed by atoms with Crippen molar-refractivity contribution in [1.29, 1.82) is 0 Å². The first-order valence-corrected chi connectivity index (χ1v) is 6.61. The van der Waals surface area contributed by atoms with Gasteiger partial charge < -0.3 is 10.6 Å². The molecule has 0 saturated carbocycles. The molecule has 0 saturated heterocycles. The smallest absolute Gasteiger partial charge is 0.257 e. The maximum Gasteiger partial charge on any atom is 0.257 e. The highest BCUT2D eigenvalue weighted by molar-refractivity contribution is 6.34. The van der Waals surface area contributed by atoms with Gasteiger partial charge in [-0.15, -0.1) is 0 Å². The van der Waals surface area contributed by atoms with Crippen molar-refractivity contribution in [1.82, 2.24) is 9.97 Å². The molecule has 2 aromatic rings. The van der Waals surface area contributed by atoms with Gasteiger partial charge in [-0.05, 0) is 32.0 Å². The third-order valence-electron chi connectivity index (χ3n) is 2.63. The standard InChI is InChI=1S/C14H15ClN4O/c1-3-16-13-6-11(12(15)8-18-13)14(20)19-10-5-4-9(2)17-7-10/h4-8H,3H2,1-2H3,(H,16,18)(H,19,20). The van der Waals surface area contributed by atoms with Gasteiger partial charge in [0.05, 0.1) is 22.5 Å². The molecule has 20 heavy (non-hydrogen) atoms. The Kier molecular flexibility index (Phi) is 4.53. The van der Waals surface area contributed by atoms with E-state index in [0.29, 0.717) is 22.1 Å². The van der Waals surface area contributed by atoms with Crippen LogP contribution < -0.4 is 10.6 Å². The van der Waals surface area contributed by atoms with Crippen LogP contribution in [0.4, 0.5) is 11.5 Å². The van der Waals surface area contributed by atoms with Crippen molar-refractivity contribution in [3.8, 4) is 0 Å². The lowest BCUT2D eigenvalue weighted by molar-refractivity contribution is 0.102. The molecule has 2 aromatic heterocycles. The van der Waals surface area contributed by atoms with Crippen LogP contribution in [0.2, 0.25) is 5.02 Å². The molecule has 0 aliphatic rings. The lowest BCUT2D eigenvalue weighted by Gasteiger charge is -2.09. The molecular formula is C14H15ClN4O. The van der Waals surface area contributed by atoms with Crippen molar-refractivity contribution in [2.75, 3.05) is 17.2 Å². The predicted octanol–water partition coefficient (Wildman–Crippen LogP) is 3.12. The summed E-state index contributed by atoms with van der Waals surface area (Å²) in [5.41, 5.74) is 1.89. The number of halogens is 1. The normalized spacial score (nSPS) is 10.2. The zero-order valence-electron chi connectivity index (χ0n) is 11.3. The Morgan fingerprint density at radius 2 is 2.10 bits per heavy atom. The topological polar surface area (TPSA) is 66.9 Å². The Balaban J connectivity index is 2.19. The molecule has 0 aliphatic carbocycles. The fourth-order valence-electron chi connectivity index (χ4n) is 1.63. The van der Waals surface area contributed by atoms with Gasteiger partial charge in [0.2, 0.25) is 0 Å². The molecular weight excluding hydrogens is 276 g/mol. The number of hydrogen-bond donors (Lipinski definition) is 2. The Hall–Kier alpha value is -2.14. The quantitative estimate of drug-likeness (QED) is 0.908. The van der Waals surface area contributed by atoms with Crippen molar-refractivity contribution in [3.63, 3.8) is 0 Å². The van der Waals surface area contributed by atoms with Gasteiger partial charge in [0, 0.05) is 18.4 Å². The van der Waals surface area contributed by atoms with E-state index < -0.39 is 0 Å². The molecule has 0 aromatic carbocycles. The molecule has 1 amide bonds. The van der Waals surface area contributed by atoms with Crippen LogP contribution in [-0.2, 0) is 0 Å². The van der Waals surface area contributed by atoms with Gasteiger partial charge in [-0.25, -0.2) is 4.98 Å². The highest BCUT2D eigenvalue weighted by atomic mass is 35.5. The van der Waals surface area contributed by atoms with Crippen LogP contribution in [0.1, 0.15) is 23.0 Å². The number of carbonyl (C=O) groups excluding carboxylic acids is 1. The first-order valence-electron chi connectivity index (χ1n) is 6.23. The summed E-state index contributed by atoms with van der Waals surface area (Å²) in [4.78, 5) is 20.4. The summed E-state index contributed by atoms with van der Waals surface area (Å²) in [6.07, 6.45) is 3.06. The predicted molar refractivity (Wildman–Crippen MR) is 80.3 cm³/mol. The summed E-state index contributed by atoms with van der Waals surface area (Å²) in [6.45, 7) is 4.56. The fraction of sp³-hybridized carbons (Fsp3) is 0.214. The molecule has 6 heteroatoms. The van der Waals surface area contributed by atoms with E-state index in [4.69, 9.17) is 11.6 Å². The monoisotopic (exact) mass is 290 g/mol. The van der Waals surface area contributed by atoms with E-state index in [2.05, 4.69) is 20.6 Å². The summed E-state index contributed by atoms with van der Waals surface area (Å²) in [5.74, 6) is 0.325. The van der Waals surface area contributed by atoms with Gasteiger partial charge in [-0.1, -0.05) is 11.6 Å². The lowest BCUT2D eigenvalue weighted by Crippen LogP contribution is -2.13. The van der Waals surface area contributed by atoms with Crippen LogP contribution in [0.3, 0.4) is 0 Å². The maximum absolute atomic E-state index is 12.2. The van der Waals surface area contributed by atoms with E-state index in [1.54, 1.807) is 18.3 Å². The number of aryl methyl sites for hydroxylation is 1. The second-order valence-corrected chi connectivity index (χ2v) is 4.63. The number of amides is 1. The van der Waals surface area contributed by atoms with Crippen molar-refractivity contribution in [3.05, 3.63) is 46.9 Å². The second kappa shape index (κ2) is 6.34. The van der Waals surface area contributed by atoms with Crippen LogP contribution in [0, 0.1) is 6.92 Å². The molecule has 0 spiro atoms. The summed E-state index contributed by atoms with van der Waals surface area (Å²) in [6, 6.07) is 5.25. The number of pyridine rings is 2. The highest BCUT2D eigenvalue weighted by Crippen LogP contribution is 2.19. The molecule has 2 N–H and O–H groups in total. The Morgan fingerprint density at radius 1 is 1.30 bits per heavy atom. The number of rotatable bonds is 4. The molecule has 0 fully saturated rings. The second-order valence-electron chi connectivity index (χ2n) is 4.22. The molecule has 0 unspecified atom stereocenters. The van der Waals surface area contributed by atoms with Crippen molar-refractivity contribution in [2.45, 2.75) is 13.8 Å². The third kappa shape index (κ3) is 3.45. The van der Waals surface area contributed by atoms with Crippen molar-refractivity contribution >= 4 is 29.0 Å². The Bertz CT molecular complexity index is 613. The van der Waals surface area contributed by atoms with E-state index in [0.717, 1.165) is 12.2 Å². The van der Waals surface area contributed by atoms with Crippen molar-refractivity contribution < 1.29 is 4.79 Å². The number of nitrogens with zero attached hydrogens (tertiary/aromatic N) is 2. The van der Waals surface area contributed by atoms with Crippen LogP contribution in [0.15, 0.2) is 30.6 Å². The summed E-state index contributed by atoms with van der Waals surface area (Å²) < 4.78 is 0. The maximum atomic E-state index is 12.2. The lowest BCUT2D eigenvalue weighted by atomic mass is 10.2. The van der Waals surface area contributed by atoms with E-state index in [1.807, 2.05) is 19.9 Å². The van der Waals surface area contributed by atoms with Crippen LogP contribution in [0.5, 0.6) is 0 Å². The van der Waals surface area contributed by atoms with Crippen LogP contribution in [-0.4, -0.2) is 22.4 Å². The van der Waals surface area contributed by atoms with Gasteiger partial charge in [-0.2, -0.15) is 0 Å². The molecule has 2 rings (SSSR count). The van der Waals surface area contributed by atoms with Gasteiger partial charge in [-0.3, -0.25) is 9.78 Å². The van der Waals surface area contributed by atoms with Gasteiger partial charge in [0.25, 0.3) is 5.91 Å². The van der Waals surface area contributed by atoms with Crippen molar-refractivity contribution in [2.24, 2.45) is 0 Å². The van der Waals surface area contributed by atoms with E-state index in [-0.39, 0.29) is 5.91 Å².